The van der Waals surface area contributed by atoms with Gasteiger partial charge in [-0.2, -0.15) is 11.8 Å². The smallest absolute Gasteiger partial charge is 0.326 e. The molecule has 12 atom stereocenters. The standard InChI is InChI=1S/C52H80N10O12S/c1-10-29(5)41(60-48(69)38(26-34-20-16-13-17-21-34)57-45(66)35(53)22-23-75-9)50(71)62-43(32(8)63)51(72)55-31(7)44(65)56-37(25-33-18-14-12-15-19-33)47(68)58-36(24-28(3)4)46(67)59-39(27-40(54)64)49(70)61-42(52(73)74)30(6)11-2/h12-21,28-32,35-39,41-43,63H,10-11,22-27,53H2,1-9H3,(H2,54,64)(H,55,72)(H,56,65)(H,57,66)(H,58,68)(H,59,67)(H,60,69)(H,61,70)(H,62,71)(H,73,74)/t29-,30-,31-,32+,35-,36-,37-,38-,39-,41-,42-,43-/m0/s1. The normalized spacial score (nSPS) is 16.0. The Hall–Kier alpha value is -6.59. The lowest BCUT2D eigenvalue weighted by molar-refractivity contribution is -0.144. The van der Waals surface area contributed by atoms with Gasteiger partial charge in [-0.05, 0) is 67.6 Å². The highest BCUT2D eigenvalue weighted by Gasteiger charge is 2.37. The molecule has 2 aromatic rings. The van der Waals surface area contributed by atoms with Crippen LogP contribution in [0, 0.1) is 17.8 Å². The van der Waals surface area contributed by atoms with E-state index in [1.54, 1.807) is 102 Å². The number of amides is 9. The number of carbonyl (C=O) groups is 10. The van der Waals surface area contributed by atoms with Crippen molar-refractivity contribution in [2.45, 2.75) is 161 Å². The van der Waals surface area contributed by atoms with Gasteiger partial charge in [-0.25, -0.2) is 4.79 Å². The third-order valence-electron chi connectivity index (χ3n) is 12.6. The molecule has 0 aliphatic carbocycles. The van der Waals surface area contributed by atoms with Crippen LogP contribution in [-0.2, 0) is 60.8 Å². The van der Waals surface area contributed by atoms with Crippen LogP contribution in [0.3, 0.4) is 0 Å². The van der Waals surface area contributed by atoms with Gasteiger partial charge in [0.05, 0.1) is 18.6 Å². The van der Waals surface area contributed by atoms with Crippen molar-refractivity contribution in [1.82, 2.24) is 42.5 Å². The summed E-state index contributed by atoms with van der Waals surface area (Å²) in [5.41, 5.74) is 12.8. The molecule has 0 radical (unpaired) electrons. The fourth-order valence-corrected chi connectivity index (χ4v) is 8.13. The maximum absolute atomic E-state index is 14.2. The van der Waals surface area contributed by atoms with E-state index in [-0.39, 0.29) is 25.2 Å². The van der Waals surface area contributed by atoms with Gasteiger partial charge in [0.1, 0.15) is 48.3 Å². The van der Waals surface area contributed by atoms with Crippen molar-refractivity contribution in [3.8, 4) is 0 Å². The highest BCUT2D eigenvalue weighted by molar-refractivity contribution is 7.98. The first-order chi connectivity index (χ1) is 35.3. The van der Waals surface area contributed by atoms with Crippen molar-refractivity contribution >= 4 is 70.9 Å². The molecule has 23 heteroatoms. The summed E-state index contributed by atoms with van der Waals surface area (Å²) in [7, 11) is 0. The third-order valence-corrected chi connectivity index (χ3v) is 13.2. The van der Waals surface area contributed by atoms with Gasteiger partial charge in [-0.15, -0.1) is 0 Å². The number of benzene rings is 2. The van der Waals surface area contributed by atoms with Gasteiger partial charge in [0.2, 0.25) is 53.2 Å². The summed E-state index contributed by atoms with van der Waals surface area (Å²) >= 11 is 1.51. The van der Waals surface area contributed by atoms with Gasteiger partial charge in [0, 0.05) is 12.8 Å². The average molecular weight is 1070 g/mol. The van der Waals surface area contributed by atoms with E-state index in [9.17, 15) is 58.2 Å². The van der Waals surface area contributed by atoms with Crippen molar-refractivity contribution < 1.29 is 58.2 Å². The molecule has 0 aliphatic rings. The summed E-state index contributed by atoms with van der Waals surface area (Å²) in [5, 5.41) is 41.1. The molecule has 416 valence electrons. The van der Waals surface area contributed by atoms with E-state index in [0.717, 1.165) is 5.56 Å². The Labute approximate surface area is 443 Å². The number of primary amides is 1. The molecule has 0 unspecified atom stereocenters. The number of nitrogens with two attached hydrogens (primary N) is 2. The van der Waals surface area contributed by atoms with Gasteiger partial charge in [0.15, 0.2) is 0 Å². The van der Waals surface area contributed by atoms with Gasteiger partial charge in [-0.1, -0.05) is 115 Å². The van der Waals surface area contributed by atoms with Crippen molar-refractivity contribution in [3.05, 3.63) is 71.8 Å². The van der Waals surface area contributed by atoms with Gasteiger partial charge >= 0.3 is 5.97 Å². The van der Waals surface area contributed by atoms with Crippen LogP contribution in [0.2, 0.25) is 0 Å². The summed E-state index contributed by atoms with van der Waals surface area (Å²) < 4.78 is 0. The monoisotopic (exact) mass is 1070 g/mol. The van der Waals surface area contributed by atoms with Crippen molar-refractivity contribution in [1.29, 1.82) is 0 Å². The molecule has 75 heavy (non-hydrogen) atoms. The zero-order valence-corrected chi connectivity index (χ0v) is 45.3. The maximum atomic E-state index is 14.2. The second-order valence-corrected chi connectivity index (χ2v) is 20.3. The van der Waals surface area contributed by atoms with E-state index < -0.39 is 138 Å². The van der Waals surface area contributed by atoms with Gasteiger partial charge in [-0.3, -0.25) is 43.2 Å². The lowest BCUT2D eigenvalue weighted by Gasteiger charge is -2.30. The number of carboxylic acid groups (broad SMARTS) is 1. The zero-order valence-electron chi connectivity index (χ0n) is 44.5. The van der Waals surface area contributed by atoms with Crippen LogP contribution in [0.15, 0.2) is 60.7 Å². The first-order valence-electron chi connectivity index (χ1n) is 25.3. The van der Waals surface area contributed by atoms with Crippen molar-refractivity contribution in [3.63, 3.8) is 0 Å². The number of rotatable bonds is 33. The Kier molecular flexibility index (Phi) is 28.1. The molecule has 2 aromatic carbocycles. The second kappa shape index (κ2) is 32.7. The topological polar surface area (TPSA) is 359 Å². The number of aliphatic hydroxyl groups excluding tert-OH is 1. The van der Waals surface area contributed by atoms with E-state index in [4.69, 9.17) is 11.5 Å². The van der Waals surface area contributed by atoms with Gasteiger partial charge in [0.25, 0.3) is 0 Å². The SMILES string of the molecule is CC[C@H](C)[C@H](NC(=O)[C@H](CC(N)=O)NC(=O)[C@H](CC(C)C)NC(=O)[C@H](Cc1ccccc1)NC(=O)[C@H](C)NC(=O)[C@@H](NC(=O)[C@@H](NC(=O)[C@H](Cc1ccccc1)NC(=O)[C@@H](N)CCSC)[C@@H](C)CC)[C@@H](C)O)C(=O)O. The molecule has 0 fully saturated rings. The number of hydrogen-bond donors (Lipinski definition) is 12. The fourth-order valence-electron chi connectivity index (χ4n) is 7.64. The summed E-state index contributed by atoms with van der Waals surface area (Å²) in [6.45, 7) is 12.9. The Morgan fingerprint density at radius 3 is 1.41 bits per heavy atom. The number of hydrogen-bond acceptors (Lipinski definition) is 13. The Morgan fingerprint density at radius 2 is 0.947 bits per heavy atom. The minimum absolute atomic E-state index is 0.0115. The van der Waals surface area contributed by atoms with Crippen molar-refractivity contribution in [2.75, 3.05) is 12.0 Å². The highest BCUT2D eigenvalue weighted by atomic mass is 32.2. The largest absolute Gasteiger partial charge is 0.480 e. The molecule has 2 rings (SSSR count). The lowest BCUT2D eigenvalue weighted by atomic mass is 9.96. The van der Waals surface area contributed by atoms with E-state index >= 15 is 0 Å². The molecule has 0 aromatic heterocycles. The predicted molar refractivity (Wildman–Crippen MR) is 284 cm³/mol. The molecular formula is C52H80N10O12S. The fraction of sp³-hybridized carbons (Fsp3) is 0.577. The summed E-state index contributed by atoms with van der Waals surface area (Å²) in [4.78, 5) is 134. The molecule has 0 saturated carbocycles. The van der Waals surface area contributed by atoms with Crippen LogP contribution >= 0.6 is 11.8 Å². The van der Waals surface area contributed by atoms with Gasteiger partial charge < -0.3 is 64.2 Å². The second-order valence-electron chi connectivity index (χ2n) is 19.4. The molecule has 0 bridgehead atoms. The summed E-state index contributed by atoms with van der Waals surface area (Å²) in [5.74, 6) is -9.64. The van der Waals surface area contributed by atoms with Crippen LogP contribution < -0.4 is 54.0 Å². The predicted octanol–water partition coefficient (Wildman–Crippen LogP) is -0.0704. The van der Waals surface area contributed by atoms with E-state index in [2.05, 4.69) is 42.5 Å². The van der Waals surface area contributed by atoms with E-state index in [1.807, 2.05) is 6.26 Å². The molecule has 0 heterocycles. The number of aliphatic carboxylic acids is 1. The number of nitrogens with one attached hydrogen (secondary N) is 8. The quantitative estimate of drug-likeness (QED) is 0.0446. The Balaban J connectivity index is 2.35. The van der Waals surface area contributed by atoms with Crippen LogP contribution in [-0.4, -0.2) is 142 Å². The summed E-state index contributed by atoms with van der Waals surface area (Å²) in [6, 6.07) is 5.41. The number of carboxylic acids is 1. The number of thioether (sulfide) groups is 1. The molecular weight excluding hydrogens is 989 g/mol. The van der Waals surface area contributed by atoms with Crippen molar-refractivity contribution in [2.24, 2.45) is 29.2 Å². The minimum atomic E-state index is -1.66. The molecule has 0 saturated heterocycles. The first-order valence-corrected chi connectivity index (χ1v) is 26.7. The van der Waals surface area contributed by atoms with Crippen LogP contribution in [0.25, 0.3) is 0 Å². The van der Waals surface area contributed by atoms with E-state index in [0.29, 0.717) is 30.6 Å². The zero-order chi connectivity index (χ0) is 56.5. The molecule has 0 aliphatic heterocycles. The Bertz CT molecular complexity index is 2220. The van der Waals surface area contributed by atoms with Crippen LogP contribution in [0.4, 0.5) is 0 Å². The van der Waals surface area contributed by atoms with Crippen LogP contribution in [0.5, 0.6) is 0 Å². The van der Waals surface area contributed by atoms with E-state index in [1.165, 1.54) is 25.6 Å². The molecule has 22 nitrogen and oxygen atoms in total. The molecule has 0 spiro atoms. The van der Waals surface area contributed by atoms with Crippen LogP contribution in [0.1, 0.15) is 98.6 Å². The average Bonchev–Trinajstić information content (AvgIpc) is 3.36. The highest BCUT2D eigenvalue weighted by Crippen LogP contribution is 2.14. The maximum Gasteiger partial charge on any atom is 0.326 e. The summed E-state index contributed by atoms with van der Waals surface area (Å²) in [6.07, 6.45) is 0.762. The number of carbonyl (C=O) groups excluding carboxylic acids is 9. The lowest BCUT2D eigenvalue weighted by Crippen LogP contribution is -2.62. The minimum Gasteiger partial charge on any atom is -0.480 e. The Morgan fingerprint density at radius 1 is 0.533 bits per heavy atom. The molecule has 14 N–H and O–H groups in total. The molecule has 9 amide bonds. The first kappa shape index (κ1) is 64.5. The third kappa shape index (κ3) is 22.4. The number of aliphatic hydroxyl groups is 1.